The second-order valence-corrected chi connectivity index (χ2v) is 3.58. The molecule has 0 amide bonds. The Balaban J connectivity index is -0.000000107. The van der Waals surface area contributed by atoms with Gasteiger partial charge >= 0.3 is 17.4 Å². The maximum Gasteiger partial charge on any atom is 3.00 e. The second kappa shape index (κ2) is 8.92. The predicted octanol–water partition coefficient (Wildman–Crippen LogP) is -2.73. The fourth-order valence-electron chi connectivity index (χ4n) is 0. The molecular formula is C2H7AlO6P2. The third-order valence-corrected chi connectivity index (χ3v) is 0.907. The molecule has 0 spiro atoms. The van der Waals surface area contributed by atoms with E-state index in [9.17, 15) is 4.57 Å². The van der Waals surface area contributed by atoms with Crippen molar-refractivity contribution in [3.8, 4) is 0 Å². The summed E-state index contributed by atoms with van der Waals surface area (Å²) < 4.78 is 18.1. The van der Waals surface area contributed by atoms with E-state index in [0.717, 1.165) is 0 Å². The largest absolute Gasteiger partial charge is 3.00 e. The van der Waals surface area contributed by atoms with Crippen LogP contribution in [0.4, 0.5) is 0 Å². The molecule has 1 unspecified atom stereocenters. The fourth-order valence-corrected chi connectivity index (χ4v) is 0. The van der Waals surface area contributed by atoms with E-state index in [1.54, 1.807) is 6.92 Å². The molecule has 0 aliphatic carbocycles. The molecule has 64 valence electrons. The quantitative estimate of drug-likeness (QED) is 0.374. The van der Waals surface area contributed by atoms with Crippen molar-refractivity contribution in [2.45, 2.75) is 6.92 Å². The summed E-state index contributed by atoms with van der Waals surface area (Å²) in [7, 11) is -7.51. The van der Waals surface area contributed by atoms with Crippen LogP contribution >= 0.6 is 15.9 Å². The minimum Gasteiger partial charge on any atom is -0.822 e. The molecular weight excluding hydrogens is 209 g/mol. The summed E-state index contributed by atoms with van der Waals surface area (Å²) in [5.41, 5.74) is 0. The van der Waals surface area contributed by atoms with Crippen molar-refractivity contribution < 1.29 is 28.7 Å². The van der Waals surface area contributed by atoms with E-state index in [0.29, 0.717) is 6.16 Å². The Morgan fingerprint density at radius 1 is 1.45 bits per heavy atom. The molecule has 0 saturated heterocycles. The maximum absolute atomic E-state index is 9.55. The monoisotopic (exact) mass is 216 g/mol. The van der Waals surface area contributed by atoms with Gasteiger partial charge in [-0.2, -0.15) is 7.82 Å². The summed E-state index contributed by atoms with van der Waals surface area (Å²) >= 11 is 0. The van der Waals surface area contributed by atoms with Gasteiger partial charge in [0.25, 0.3) is 0 Å². The first kappa shape index (κ1) is 17.8. The van der Waals surface area contributed by atoms with Crippen LogP contribution in [0.2, 0.25) is 0 Å². The molecule has 0 radical (unpaired) electrons. The Bertz CT molecular complexity index is 133. The molecule has 0 saturated carbocycles. The van der Waals surface area contributed by atoms with Crippen molar-refractivity contribution in [1.82, 2.24) is 0 Å². The van der Waals surface area contributed by atoms with Crippen LogP contribution in [0.5, 0.6) is 0 Å². The smallest absolute Gasteiger partial charge is 0.822 e. The zero-order valence-corrected chi connectivity index (χ0v) is 8.77. The predicted molar refractivity (Wildman–Crippen MR) is 35.1 cm³/mol. The first-order valence-corrected chi connectivity index (χ1v) is 5.24. The van der Waals surface area contributed by atoms with E-state index in [2.05, 4.69) is 0 Å². The molecule has 0 aliphatic rings. The summed E-state index contributed by atoms with van der Waals surface area (Å²) in [4.78, 5) is 33.6. The summed E-state index contributed by atoms with van der Waals surface area (Å²) in [6, 6.07) is 0. The Kier molecular flexibility index (Phi) is 14.4. The van der Waals surface area contributed by atoms with E-state index in [4.69, 9.17) is 24.1 Å². The number of hydrogen-bond acceptors (Lipinski definition) is 5. The number of phosphoric acid groups is 1. The van der Waals surface area contributed by atoms with Crippen molar-refractivity contribution in [2.24, 2.45) is 0 Å². The summed E-state index contributed by atoms with van der Waals surface area (Å²) in [5.74, 6) is 0. The van der Waals surface area contributed by atoms with Crippen LogP contribution in [0.25, 0.3) is 0 Å². The molecule has 0 fully saturated rings. The molecule has 1 N–H and O–H groups in total. The normalized spacial score (nSPS) is 12.1. The van der Waals surface area contributed by atoms with E-state index in [1.807, 2.05) is 0 Å². The van der Waals surface area contributed by atoms with Gasteiger partial charge in [0, 0.05) is 6.16 Å². The summed E-state index contributed by atoms with van der Waals surface area (Å²) in [6.07, 6.45) is 0.407. The van der Waals surface area contributed by atoms with Gasteiger partial charge in [0.2, 0.25) is 0 Å². The first-order valence-electron chi connectivity index (χ1n) is 2.22. The van der Waals surface area contributed by atoms with Gasteiger partial charge in [-0.15, -0.1) is 0 Å². The van der Waals surface area contributed by atoms with Crippen molar-refractivity contribution >= 4 is 33.2 Å². The fraction of sp³-hybridized carbons (Fsp3) is 1.00. The third kappa shape index (κ3) is 105. The molecule has 0 bridgehead atoms. The van der Waals surface area contributed by atoms with E-state index in [1.165, 1.54) is 0 Å². The van der Waals surface area contributed by atoms with E-state index < -0.39 is 15.9 Å². The van der Waals surface area contributed by atoms with Crippen LogP contribution in [0.3, 0.4) is 0 Å². The standard InChI is InChI=1S/C2H7O2P.Al.H3O4P/c1-2-5(3)4;;1-5(2,3)4/h5H,2H2,1H3,(H,3,4);;(H3,1,2,3,4)/q;+3;/p-3. The molecule has 0 heterocycles. The molecule has 0 aromatic rings. The zero-order chi connectivity index (χ0) is 8.78. The molecule has 6 nitrogen and oxygen atoms in total. The molecule has 0 rings (SSSR count). The average molecular weight is 216 g/mol. The van der Waals surface area contributed by atoms with Crippen molar-refractivity contribution in [1.29, 1.82) is 0 Å². The summed E-state index contributed by atoms with van der Waals surface area (Å²) in [6.45, 7) is 1.68. The zero-order valence-electron chi connectivity index (χ0n) is 5.72. The van der Waals surface area contributed by atoms with Gasteiger partial charge in [0.15, 0.2) is 8.03 Å². The molecule has 0 aromatic carbocycles. The third-order valence-electron chi connectivity index (χ3n) is 0.302. The van der Waals surface area contributed by atoms with Gasteiger partial charge in [-0.05, 0) is 0 Å². The molecule has 1 atom stereocenters. The first-order chi connectivity index (χ1) is 4.27. The molecule has 0 aromatic heterocycles. The Morgan fingerprint density at radius 3 is 1.55 bits per heavy atom. The number of hydrogen-bond donors (Lipinski definition) is 1. The van der Waals surface area contributed by atoms with Gasteiger partial charge in [0.1, 0.15) is 0 Å². The van der Waals surface area contributed by atoms with Crippen LogP contribution in [0, 0.1) is 0 Å². The summed E-state index contributed by atoms with van der Waals surface area (Å²) in [5, 5.41) is 0. The minimum absolute atomic E-state index is 0. The van der Waals surface area contributed by atoms with Crippen molar-refractivity contribution in [3.63, 3.8) is 0 Å². The van der Waals surface area contributed by atoms with Gasteiger partial charge in [-0.25, -0.2) is 0 Å². The van der Waals surface area contributed by atoms with Gasteiger partial charge in [-0.3, -0.25) is 4.57 Å². The SMILES string of the molecule is CC[PH](=O)O.O=P([O-])([O-])[O-].[Al+3]. The van der Waals surface area contributed by atoms with Gasteiger partial charge in [0.05, 0.1) is 0 Å². The minimum atomic E-state index is -5.39. The Morgan fingerprint density at radius 2 is 1.55 bits per heavy atom. The van der Waals surface area contributed by atoms with Crippen LogP contribution in [0.15, 0.2) is 0 Å². The van der Waals surface area contributed by atoms with Crippen molar-refractivity contribution in [2.75, 3.05) is 6.16 Å². The maximum atomic E-state index is 9.55. The van der Waals surface area contributed by atoms with Crippen molar-refractivity contribution in [3.05, 3.63) is 0 Å². The number of rotatable bonds is 1. The average Bonchev–Trinajstić information content (AvgIpc) is 1.61. The topological polar surface area (TPSA) is 124 Å². The molecule has 9 heteroatoms. The van der Waals surface area contributed by atoms with Crippen LogP contribution in [-0.4, -0.2) is 28.4 Å². The van der Waals surface area contributed by atoms with E-state index in [-0.39, 0.29) is 17.4 Å². The van der Waals surface area contributed by atoms with E-state index >= 15 is 0 Å². The Hall–Kier alpha value is 0.832. The molecule has 11 heavy (non-hydrogen) atoms. The second-order valence-electron chi connectivity index (χ2n) is 1.19. The van der Waals surface area contributed by atoms with Crippen LogP contribution in [-0.2, 0) is 9.13 Å². The van der Waals surface area contributed by atoms with Gasteiger partial charge < -0.3 is 24.1 Å². The molecule has 0 aliphatic heterocycles. The van der Waals surface area contributed by atoms with Crippen LogP contribution < -0.4 is 14.7 Å². The Labute approximate surface area is 75.5 Å². The van der Waals surface area contributed by atoms with Gasteiger partial charge in [-0.1, -0.05) is 6.92 Å². The van der Waals surface area contributed by atoms with Crippen LogP contribution in [0.1, 0.15) is 6.92 Å².